The number of benzene rings is 1. The van der Waals surface area contributed by atoms with Gasteiger partial charge in [-0.05, 0) is 31.9 Å². The van der Waals surface area contributed by atoms with Gasteiger partial charge in [0, 0.05) is 6.61 Å². The maximum Gasteiger partial charge on any atom is 0.223 e. The molecule has 1 aliphatic rings. The van der Waals surface area contributed by atoms with E-state index in [1.165, 1.54) is 0 Å². The average molecular weight is 342 g/mol. The number of rotatable bonds is 4. The van der Waals surface area contributed by atoms with E-state index in [1.807, 2.05) is 6.92 Å². The number of carbonyl (C=O) groups is 1. The Morgan fingerprint density at radius 1 is 1.50 bits per heavy atom. The molecule has 118 valence electrons. The highest BCUT2D eigenvalue weighted by molar-refractivity contribution is 6.42. The highest BCUT2D eigenvalue weighted by Gasteiger charge is 2.21. The lowest BCUT2D eigenvalue weighted by Crippen LogP contribution is -2.30. The van der Waals surface area contributed by atoms with Gasteiger partial charge in [-0.2, -0.15) is 0 Å². The SMILES string of the molecule is CC(NC(=O)CC1CCCO1)c1nc2cc(Cl)c(Cl)cc2[nH]1. The summed E-state index contributed by atoms with van der Waals surface area (Å²) >= 11 is 12.0. The number of hydrogen-bond acceptors (Lipinski definition) is 3. The molecular weight excluding hydrogens is 325 g/mol. The standard InChI is InChI=1S/C15H17Cl2N3O2/c1-8(18-14(21)5-9-3-2-4-22-9)15-19-12-6-10(16)11(17)7-13(12)20-15/h6-9H,2-5H2,1H3,(H,18,21)(H,19,20). The highest BCUT2D eigenvalue weighted by atomic mass is 35.5. The minimum absolute atomic E-state index is 0.0316. The van der Waals surface area contributed by atoms with Gasteiger partial charge in [0.2, 0.25) is 5.91 Å². The first-order chi connectivity index (χ1) is 10.5. The molecule has 5 nitrogen and oxygen atoms in total. The number of hydrogen-bond donors (Lipinski definition) is 2. The molecule has 0 saturated carbocycles. The van der Waals surface area contributed by atoms with Gasteiger partial charge in [0.25, 0.3) is 0 Å². The molecule has 0 aliphatic carbocycles. The summed E-state index contributed by atoms with van der Waals surface area (Å²) < 4.78 is 5.47. The Morgan fingerprint density at radius 3 is 3.00 bits per heavy atom. The number of aromatic amines is 1. The number of nitrogens with zero attached hydrogens (tertiary/aromatic N) is 1. The van der Waals surface area contributed by atoms with Crippen molar-refractivity contribution in [1.82, 2.24) is 15.3 Å². The molecule has 7 heteroatoms. The molecule has 2 aromatic rings. The summed E-state index contributed by atoms with van der Waals surface area (Å²) in [5.74, 6) is 0.643. The fraction of sp³-hybridized carbons (Fsp3) is 0.467. The molecule has 0 radical (unpaired) electrons. The molecule has 1 saturated heterocycles. The monoisotopic (exact) mass is 341 g/mol. The number of H-pyrrole nitrogens is 1. The van der Waals surface area contributed by atoms with E-state index in [-0.39, 0.29) is 18.1 Å². The molecule has 2 atom stereocenters. The van der Waals surface area contributed by atoms with E-state index in [1.54, 1.807) is 12.1 Å². The largest absolute Gasteiger partial charge is 0.378 e. The molecule has 2 unspecified atom stereocenters. The van der Waals surface area contributed by atoms with Crippen molar-refractivity contribution in [2.24, 2.45) is 0 Å². The van der Waals surface area contributed by atoms with Gasteiger partial charge >= 0.3 is 0 Å². The van der Waals surface area contributed by atoms with Gasteiger partial charge in [-0.25, -0.2) is 4.98 Å². The lowest BCUT2D eigenvalue weighted by atomic mass is 10.1. The van der Waals surface area contributed by atoms with Crippen molar-refractivity contribution < 1.29 is 9.53 Å². The van der Waals surface area contributed by atoms with Crippen molar-refractivity contribution in [1.29, 1.82) is 0 Å². The van der Waals surface area contributed by atoms with Crippen LogP contribution in [0, 0.1) is 0 Å². The zero-order chi connectivity index (χ0) is 15.7. The molecule has 0 bridgehead atoms. The topological polar surface area (TPSA) is 67.0 Å². The second kappa shape index (κ2) is 6.44. The first-order valence-electron chi connectivity index (χ1n) is 7.28. The second-order valence-electron chi connectivity index (χ2n) is 5.53. The van der Waals surface area contributed by atoms with Crippen molar-refractivity contribution in [3.05, 3.63) is 28.0 Å². The normalized spacial score (nSPS) is 19.5. The third-order valence-electron chi connectivity index (χ3n) is 3.77. The molecule has 1 aliphatic heterocycles. The summed E-state index contributed by atoms with van der Waals surface area (Å²) in [6, 6.07) is 3.22. The summed E-state index contributed by atoms with van der Waals surface area (Å²) in [4.78, 5) is 19.6. The Hall–Kier alpha value is -1.30. The van der Waals surface area contributed by atoms with E-state index in [0.717, 1.165) is 30.5 Å². The van der Waals surface area contributed by atoms with Crippen LogP contribution in [0.25, 0.3) is 11.0 Å². The van der Waals surface area contributed by atoms with Crippen LogP contribution in [-0.4, -0.2) is 28.6 Å². The highest BCUT2D eigenvalue weighted by Crippen LogP contribution is 2.27. The Labute approximate surface area is 138 Å². The van der Waals surface area contributed by atoms with E-state index < -0.39 is 0 Å². The molecular formula is C15H17Cl2N3O2. The molecule has 1 aromatic heterocycles. The lowest BCUT2D eigenvalue weighted by Gasteiger charge is -2.13. The number of amides is 1. The Kier molecular flexibility index (Phi) is 4.57. The van der Waals surface area contributed by atoms with E-state index >= 15 is 0 Å². The van der Waals surface area contributed by atoms with Crippen LogP contribution < -0.4 is 5.32 Å². The number of fused-ring (bicyclic) bond motifs is 1. The number of imidazole rings is 1. The summed E-state index contributed by atoms with van der Waals surface area (Å²) in [7, 11) is 0. The molecule has 2 N–H and O–H groups in total. The predicted octanol–water partition coefficient (Wildman–Crippen LogP) is 3.62. The zero-order valence-electron chi connectivity index (χ0n) is 12.2. The van der Waals surface area contributed by atoms with Crippen LogP contribution in [0.4, 0.5) is 0 Å². The van der Waals surface area contributed by atoms with E-state index in [2.05, 4.69) is 15.3 Å². The van der Waals surface area contributed by atoms with E-state index in [0.29, 0.717) is 22.3 Å². The first kappa shape index (κ1) is 15.6. The molecule has 2 heterocycles. The maximum absolute atomic E-state index is 12.0. The van der Waals surface area contributed by atoms with Gasteiger partial charge in [0.1, 0.15) is 5.82 Å². The average Bonchev–Trinajstić information content (AvgIpc) is 3.08. The molecule has 1 aromatic carbocycles. The lowest BCUT2D eigenvalue weighted by molar-refractivity contribution is -0.123. The van der Waals surface area contributed by atoms with Crippen molar-refractivity contribution in [3.8, 4) is 0 Å². The molecule has 1 amide bonds. The third-order valence-corrected chi connectivity index (χ3v) is 4.49. The van der Waals surface area contributed by atoms with Gasteiger partial charge in [-0.1, -0.05) is 23.2 Å². The fourth-order valence-electron chi connectivity index (χ4n) is 2.61. The summed E-state index contributed by atoms with van der Waals surface area (Å²) in [5, 5.41) is 3.87. The summed E-state index contributed by atoms with van der Waals surface area (Å²) in [6.45, 7) is 2.63. The Morgan fingerprint density at radius 2 is 2.27 bits per heavy atom. The van der Waals surface area contributed by atoms with Crippen LogP contribution in [0.1, 0.15) is 38.1 Å². The molecule has 1 fully saturated rings. The van der Waals surface area contributed by atoms with Crippen molar-refractivity contribution in [3.63, 3.8) is 0 Å². The smallest absolute Gasteiger partial charge is 0.223 e. The van der Waals surface area contributed by atoms with Crippen LogP contribution >= 0.6 is 23.2 Å². The molecule has 22 heavy (non-hydrogen) atoms. The van der Waals surface area contributed by atoms with Crippen LogP contribution in [0.2, 0.25) is 10.0 Å². The molecule has 0 spiro atoms. The van der Waals surface area contributed by atoms with Crippen molar-refractivity contribution in [2.75, 3.05) is 6.61 Å². The van der Waals surface area contributed by atoms with Crippen LogP contribution in [0.15, 0.2) is 12.1 Å². The fourth-order valence-corrected chi connectivity index (χ4v) is 2.93. The van der Waals surface area contributed by atoms with Crippen LogP contribution in [0.5, 0.6) is 0 Å². The Bertz CT molecular complexity index is 656. The maximum atomic E-state index is 12.0. The quantitative estimate of drug-likeness (QED) is 0.892. The van der Waals surface area contributed by atoms with Gasteiger partial charge in [0.05, 0.1) is 39.6 Å². The predicted molar refractivity (Wildman–Crippen MR) is 86.3 cm³/mol. The number of nitrogens with one attached hydrogen (secondary N) is 2. The van der Waals surface area contributed by atoms with Crippen LogP contribution in [0.3, 0.4) is 0 Å². The summed E-state index contributed by atoms with van der Waals surface area (Å²) in [5.41, 5.74) is 1.52. The molecule has 3 rings (SSSR count). The third kappa shape index (κ3) is 3.37. The van der Waals surface area contributed by atoms with Crippen LogP contribution in [-0.2, 0) is 9.53 Å². The number of carbonyl (C=O) groups excluding carboxylic acids is 1. The number of aromatic nitrogens is 2. The number of halogens is 2. The first-order valence-corrected chi connectivity index (χ1v) is 8.04. The van der Waals surface area contributed by atoms with Gasteiger partial charge < -0.3 is 15.0 Å². The number of ether oxygens (including phenoxy) is 1. The minimum atomic E-state index is -0.223. The zero-order valence-corrected chi connectivity index (χ0v) is 13.7. The van der Waals surface area contributed by atoms with Crippen molar-refractivity contribution in [2.45, 2.75) is 38.3 Å². The van der Waals surface area contributed by atoms with Gasteiger partial charge in [-0.15, -0.1) is 0 Å². The van der Waals surface area contributed by atoms with Gasteiger partial charge in [0.15, 0.2) is 0 Å². The van der Waals surface area contributed by atoms with Gasteiger partial charge in [-0.3, -0.25) is 4.79 Å². The second-order valence-corrected chi connectivity index (χ2v) is 6.35. The minimum Gasteiger partial charge on any atom is -0.378 e. The summed E-state index contributed by atoms with van der Waals surface area (Å²) in [6.07, 6.45) is 2.41. The van der Waals surface area contributed by atoms with Crippen molar-refractivity contribution >= 4 is 40.1 Å². The van der Waals surface area contributed by atoms with E-state index in [9.17, 15) is 4.79 Å². The Balaban J connectivity index is 1.68. The van der Waals surface area contributed by atoms with E-state index in [4.69, 9.17) is 27.9 Å².